The van der Waals surface area contributed by atoms with Crippen molar-refractivity contribution in [3.63, 3.8) is 0 Å². The second-order valence-corrected chi connectivity index (χ2v) is 4.57. The number of aliphatic carboxylic acids is 1. The second-order valence-electron chi connectivity index (χ2n) is 4.57. The smallest absolute Gasteiger partial charge is 0.303 e. The molecule has 1 aromatic rings. The molecule has 0 radical (unpaired) electrons. The summed E-state index contributed by atoms with van der Waals surface area (Å²) in [7, 11) is 0. The molecule has 1 N–H and O–H groups in total. The predicted octanol–water partition coefficient (Wildman–Crippen LogP) is 3.47. The fraction of sp³-hybridized carbons (Fsp3) is 0.533. The lowest BCUT2D eigenvalue weighted by Crippen LogP contribution is -2.24. The molecule has 18 heavy (non-hydrogen) atoms. The van der Waals surface area contributed by atoms with Gasteiger partial charge in [-0.05, 0) is 38.3 Å². The van der Waals surface area contributed by atoms with Gasteiger partial charge >= 0.3 is 5.97 Å². The van der Waals surface area contributed by atoms with Gasteiger partial charge < -0.3 is 10.0 Å². The number of carboxylic acid groups (broad SMARTS) is 1. The van der Waals surface area contributed by atoms with Crippen LogP contribution in [0.3, 0.4) is 0 Å². The van der Waals surface area contributed by atoms with Crippen LogP contribution in [-0.4, -0.2) is 24.2 Å². The van der Waals surface area contributed by atoms with Gasteiger partial charge in [0.15, 0.2) is 0 Å². The standard InChI is InChI=1S/C15H23NO2/c1-3-16(12-8-4-5-11-15(17)18)14-10-7-6-9-13(14)2/h6-7,9-10H,3-5,8,11-12H2,1-2H3,(H,17,18). The van der Waals surface area contributed by atoms with Crippen LogP contribution in [0.1, 0.15) is 38.2 Å². The average Bonchev–Trinajstić information content (AvgIpc) is 2.35. The predicted molar refractivity (Wildman–Crippen MR) is 75.2 cm³/mol. The van der Waals surface area contributed by atoms with Crippen LogP contribution < -0.4 is 4.90 Å². The minimum Gasteiger partial charge on any atom is -0.481 e. The van der Waals surface area contributed by atoms with Crippen molar-refractivity contribution in [2.24, 2.45) is 0 Å². The summed E-state index contributed by atoms with van der Waals surface area (Å²) in [4.78, 5) is 12.8. The van der Waals surface area contributed by atoms with Crippen molar-refractivity contribution in [2.45, 2.75) is 39.5 Å². The van der Waals surface area contributed by atoms with E-state index in [1.807, 2.05) is 0 Å². The fourth-order valence-electron chi connectivity index (χ4n) is 2.12. The maximum atomic E-state index is 10.4. The second kappa shape index (κ2) is 7.75. The lowest BCUT2D eigenvalue weighted by Gasteiger charge is -2.24. The minimum atomic E-state index is -0.693. The summed E-state index contributed by atoms with van der Waals surface area (Å²) in [6.07, 6.45) is 3.10. The highest BCUT2D eigenvalue weighted by atomic mass is 16.4. The highest BCUT2D eigenvalue weighted by Crippen LogP contribution is 2.19. The van der Waals surface area contributed by atoms with Gasteiger partial charge in [0.25, 0.3) is 0 Å². The molecule has 0 amide bonds. The van der Waals surface area contributed by atoms with E-state index in [2.05, 4.69) is 43.0 Å². The van der Waals surface area contributed by atoms with Crippen LogP contribution in [0.5, 0.6) is 0 Å². The number of hydrogen-bond acceptors (Lipinski definition) is 2. The van der Waals surface area contributed by atoms with E-state index in [4.69, 9.17) is 5.11 Å². The van der Waals surface area contributed by atoms with Gasteiger partial charge in [-0.15, -0.1) is 0 Å². The van der Waals surface area contributed by atoms with E-state index in [1.165, 1.54) is 11.3 Å². The number of carbonyl (C=O) groups is 1. The molecule has 3 nitrogen and oxygen atoms in total. The van der Waals surface area contributed by atoms with Gasteiger partial charge in [0.2, 0.25) is 0 Å². The Morgan fingerprint density at radius 1 is 1.22 bits per heavy atom. The number of rotatable bonds is 8. The third-order valence-electron chi connectivity index (χ3n) is 3.16. The van der Waals surface area contributed by atoms with Gasteiger partial charge in [0, 0.05) is 25.2 Å². The Hall–Kier alpha value is -1.51. The Labute approximate surface area is 109 Å². The Morgan fingerprint density at radius 2 is 1.94 bits per heavy atom. The summed E-state index contributed by atoms with van der Waals surface area (Å²) < 4.78 is 0. The molecule has 0 aliphatic rings. The number of hydrogen-bond donors (Lipinski definition) is 1. The molecule has 0 fully saturated rings. The van der Waals surface area contributed by atoms with Gasteiger partial charge in [-0.3, -0.25) is 4.79 Å². The van der Waals surface area contributed by atoms with E-state index in [0.29, 0.717) is 0 Å². The van der Waals surface area contributed by atoms with Crippen molar-refractivity contribution in [1.82, 2.24) is 0 Å². The SMILES string of the molecule is CCN(CCCCCC(=O)O)c1ccccc1C. The van der Waals surface area contributed by atoms with E-state index in [9.17, 15) is 4.79 Å². The van der Waals surface area contributed by atoms with Crippen LogP contribution in [0.15, 0.2) is 24.3 Å². The zero-order valence-corrected chi connectivity index (χ0v) is 11.4. The lowest BCUT2D eigenvalue weighted by molar-refractivity contribution is -0.137. The van der Waals surface area contributed by atoms with E-state index >= 15 is 0 Å². The number of unbranched alkanes of at least 4 members (excludes halogenated alkanes) is 2. The molecule has 0 aliphatic heterocycles. The summed E-state index contributed by atoms with van der Waals surface area (Å²) in [6, 6.07) is 8.40. The maximum absolute atomic E-state index is 10.4. The highest BCUT2D eigenvalue weighted by molar-refractivity contribution is 5.66. The van der Waals surface area contributed by atoms with Gasteiger partial charge in [-0.2, -0.15) is 0 Å². The normalized spacial score (nSPS) is 10.3. The first kappa shape index (κ1) is 14.6. The van der Waals surface area contributed by atoms with Crippen molar-refractivity contribution < 1.29 is 9.90 Å². The molecule has 0 aromatic heterocycles. The van der Waals surface area contributed by atoms with Crippen LogP contribution in [0.2, 0.25) is 0 Å². The summed E-state index contributed by atoms with van der Waals surface area (Å²) in [5, 5.41) is 8.57. The van der Waals surface area contributed by atoms with Crippen LogP contribution in [0, 0.1) is 6.92 Å². The Morgan fingerprint density at radius 3 is 2.56 bits per heavy atom. The number of para-hydroxylation sites is 1. The van der Waals surface area contributed by atoms with Crippen molar-refractivity contribution in [3.05, 3.63) is 29.8 Å². The molecule has 0 bridgehead atoms. The first-order valence-electron chi connectivity index (χ1n) is 6.67. The van der Waals surface area contributed by atoms with Crippen LogP contribution in [0.4, 0.5) is 5.69 Å². The number of nitrogens with zero attached hydrogens (tertiary/aromatic N) is 1. The van der Waals surface area contributed by atoms with E-state index in [0.717, 1.165) is 32.4 Å². The summed E-state index contributed by atoms with van der Waals surface area (Å²) in [5.41, 5.74) is 2.59. The molecule has 0 unspecified atom stereocenters. The molecule has 0 saturated heterocycles. The monoisotopic (exact) mass is 249 g/mol. The first-order valence-corrected chi connectivity index (χ1v) is 6.67. The van der Waals surface area contributed by atoms with Crippen molar-refractivity contribution >= 4 is 11.7 Å². The molecule has 1 aromatic carbocycles. The summed E-state index contributed by atoms with van der Waals surface area (Å²) in [6.45, 7) is 6.27. The minimum absolute atomic E-state index is 0.288. The van der Waals surface area contributed by atoms with Gasteiger partial charge in [0.05, 0.1) is 0 Å². The van der Waals surface area contributed by atoms with E-state index in [-0.39, 0.29) is 6.42 Å². The Bertz CT molecular complexity index is 377. The van der Waals surface area contributed by atoms with Gasteiger partial charge in [-0.25, -0.2) is 0 Å². The summed E-state index contributed by atoms with van der Waals surface area (Å²) in [5.74, 6) is -0.693. The van der Waals surface area contributed by atoms with Crippen LogP contribution in [0.25, 0.3) is 0 Å². The topological polar surface area (TPSA) is 40.5 Å². The zero-order valence-electron chi connectivity index (χ0n) is 11.4. The van der Waals surface area contributed by atoms with E-state index < -0.39 is 5.97 Å². The Kier molecular flexibility index (Phi) is 6.26. The fourth-order valence-corrected chi connectivity index (χ4v) is 2.12. The lowest BCUT2D eigenvalue weighted by atomic mass is 10.1. The summed E-state index contributed by atoms with van der Waals surface area (Å²) >= 11 is 0. The third kappa shape index (κ3) is 4.78. The average molecular weight is 249 g/mol. The van der Waals surface area contributed by atoms with Crippen molar-refractivity contribution in [2.75, 3.05) is 18.0 Å². The molecule has 0 aliphatic carbocycles. The highest BCUT2D eigenvalue weighted by Gasteiger charge is 2.06. The molecule has 0 heterocycles. The molecule has 100 valence electrons. The molecule has 0 atom stereocenters. The Balaban J connectivity index is 2.39. The number of anilines is 1. The van der Waals surface area contributed by atoms with Crippen molar-refractivity contribution in [3.8, 4) is 0 Å². The van der Waals surface area contributed by atoms with Crippen LogP contribution >= 0.6 is 0 Å². The van der Waals surface area contributed by atoms with Crippen molar-refractivity contribution in [1.29, 1.82) is 0 Å². The number of aryl methyl sites for hydroxylation is 1. The molecular weight excluding hydrogens is 226 g/mol. The third-order valence-corrected chi connectivity index (χ3v) is 3.16. The number of benzene rings is 1. The van der Waals surface area contributed by atoms with E-state index in [1.54, 1.807) is 0 Å². The van der Waals surface area contributed by atoms with Crippen LogP contribution in [-0.2, 0) is 4.79 Å². The molecule has 0 spiro atoms. The quantitative estimate of drug-likeness (QED) is 0.717. The molecule has 0 saturated carbocycles. The largest absolute Gasteiger partial charge is 0.481 e. The van der Waals surface area contributed by atoms with Gasteiger partial charge in [-0.1, -0.05) is 24.6 Å². The number of carboxylic acids is 1. The molecule has 3 heteroatoms. The first-order chi connectivity index (χ1) is 8.65. The van der Waals surface area contributed by atoms with Gasteiger partial charge in [0.1, 0.15) is 0 Å². The molecular formula is C15H23NO2. The zero-order chi connectivity index (χ0) is 13.4. The maximum Gasteiger partial charge on any atom is 0.303 e. The molecule has 1 rings (SSSR count).